The molecule has 0 amide bonds. The first-order valence-corrected chi connectivity index (χ1v) is 8.60. The van der Waals surface area contributed by atoms with Crippen LogP contribution >= 0.6 is 0 Å². The van der Waals surface area contributed by atoms with Crippen LogP contribution in [0.1, 0.15) is 0 Å². The Kier molecular flexibility index (Phi) is 3.50. The minimum absolute atomic E-state index is 0.153. The van der Waals surface area contributed by atoms with Crippen molar-refractivity contribution in [3.63, 3.8) is 0 Å². The summed E-state index contributed by atoms with van der Waals surface area (Å²) in [5.41, 5.74) is 4.81. The van der Waals surface area contributed by atoms with E-state index in [9.17, 15) is 4.79 Å². The van der Waals surface area contributed by atoms with E-state index in [1.165, 1.54) is 6.07 Å². The molecule has 128 valence electrons. The molecule has 0 atom stereocenters. The number of nitrogens with zero attached hydrogens (tertiary/aromatic N) is 3. The van der Waals surface area contributed by atoms with Crippen LogP contribution in [0, 0.1) is 0 Å². The lowest BCUT2D eigenvalue weighted by atomic mass is 10.0. The molecule has 0 unspecified atom stereocenters. The molecule has 1 N–H and O–H groups in total. The van der Waals surface area contributed by atoms with Crippen molar-refractivity contribution in [1.29, 1.82) is 0 Å². The van der Waals surface area contributed by atoms with Crippen molar-refractivity contribution in [1.82, 2.24) is 19.9 Å². The third-order valence-electron chi connectivity index (χ3n) is 4.51. The van der Waals surface area contributed by atoms with Gasteiger partial charge in [-0.2, -0.15) is 0 Å². The molecule has 0 radical (unpaired) electrons. The maximum atomic E-state index is 12.3. The van der Waals surface area contributed by atoms with E-state index in [1.54, 1.807) is 12.4 Å². The zero-order valence-electron chi connectivity index (χ0n) is 14.3. The van der Waals surface area contributed by atoms with Crippen molar-refractivity contribution < 1.29 is 0 Å². The van der Waals surface area contributed by atoms with Crippen molar-refractivity contribution in [2.24, 2.45) is 0 Å². The normalized spacial score (nSPS) is 11.1. The third-order valence-corrected chi connectivity index (χ3v) is 4.51. The smallest absolute Gasteiger partial charge is 0.209 e. The molecular weight excluding hydrogens is 336 g/mol. The Morgan fingerprint density at radius 3 is 2.52 bits per heavy atom. The highest BCUT2D eigenvalue weighted by Gasteiger charge is 2.15. The number of pyridine rings is 2. The monoisotopic (exact) mass is 350 g/mol. The quantitative estimate of drug-likeness (QED) is 0.518. The van der Waals surface area contributed by atoms with Crippen molar-refractivity contribution in [3.05, 3.63) is 89.3 Å². The average Bonchev–Trinajstić information content (AvgIpc) is 2.73. The topological polar surface area (TPSA) is 71.5 Å². The van der Waals surface area contributed by atoms with Crippen LogP contribution in [0.2, 0.25) is 0 Å². The van der Waals surface area contributed by atoms with E-state index in [1.807, 2.05) is 60.7 Å². The van der Waals surface area contributed by atoms with E-state index in [0.717, 1.165) is 27.7 Å². The van der Waals surface area contributed by atoms with Crippen molar-refractivity contribution in [2.75, 3.05) is 0 Å². The highest BCUT2D eigenvalue weighted by atomic mass is 16.1. The fraction of sp³-hybridized carbons (Fsp3) is 0. The summed E-state index contributed by atoms with van der Waals surface area (Å²) < 4.78 is 0. The van der Waals surface area contributed by atoms with Crippen molar-refractivity contribution in [2.45, 2.75) is 0 Å². The van der Waals surface area contributed by atoms with Crippen LogP contribution < -0.4 is 5.43 Å². The van der Waals surface area contributed by atoms with Gasteiger partial charge < -0.3 is 4.98 Å². The molecule has 0 aliphatic rings. The lowest BCUT2D eigenvalue weighted by Gasteiger charge is -2.10. The van der Waals surface area contributed by atoms with E-state index < -0.39 is 0 Å². The highest BCUT2D eigenvalue weighted by Crippen LogP contribution is 2.31. The second-order valence-electron chi connectivity index (χ2n) is 6.24. The van der Waals surface area contributed by atoms with Gasteiger partial charge in [0.1, 0.15) is 0 Å². The SMILES string of the molecule is O=c1cc[nH]c2nc(-c3ccccc3)c(-c3ccc4ncccc4c3)nc12. The third kappa shape index (κ3) is 2.66. The number of aromatic nitrogens is 4. The summed E-state index contributed by atoms with van der Waals surface area (Å²) in [6.45, 7) is 0. The molecule has 5 aromatic rings. The number of hydrogen-bond donors (Lipinski definition) is 1. The number of nitrogens with one attached hydrogen (secondary N) is 1. The molecule has 3 heterocycles. The summed E-state index contributed by atoms with van der Waals surface area (Å²) in [5, 5.41) is 1.01. The van der Waals surface area contributed by atoms with Gasteiger partial charge in [0, 0.05) is 35.0 Å². The van der Waals surface area contributed by atoms with Gasteiger partial charge in [0.2, 0.25) is 5.43 Å². The fourth-order valence-corrected chi connectivity index (χ4v) is 3.20. The Hall–Kier alpha value is -3.86. The molecule has 0 spiro atoms. The van der Waals surface area contributed by atoms with E-state index in [0.29, 0.717) is 16.9 Å². The highest BCUT2D eigenvalue weighted by molar-refractivity contribution is 5.89. The lowest BCUT2D eigenvalue weighted by molar-refractivity contribution is 1.22. The van der Waals surface area contributed by atoms with Crippen LogP contribution in [-0.4, -0.2) is 19.9 Å². The van der Waals surface area contributed by atoms with Gasteiger partial charge >= 0.3 is 0 Å². The van der Waals surface area contributed by atoms with Gasteiger partial charge in [0.05, 0.1) is 16.9 Å². The van der Waals surface area contributed by atoms with Crippen molar-refractivity contribution in [3.8, 4) is 22.5 Å². The van der Waals surface area contributed by atoms with Gasteiger partial charge in [-0.05, 0) is 18.2 Å². The molecule has 2 aromatic carbocycles. The predicted octanol–water partition coefficient (Wildman–Crippen LogP) is 4.20. The number of H-pyrrole nitrogens is 1. The summed E-state index contributed by atoms with van der Waals surface area (Å²) in [5.74, 6) is 0. The van der Waals surface area contributed by atoms with Gasteiger partial charge in [-0.1, -0.05) is 42.5 Å². The number of aromatic amines is 1. The first kappa shape index (κ1) is 15.4. The van der Waals surface area contributed by atoms with E-state index in [-0.39, 0.29) is 5.43 Å². The molecule has 0 fully saturated rings. The maximum Gasteiger partial charge on any atom is 0.209 e. The summed E-state index contributed by atoms with van der Waals surface area (Å²) in [6, 6.07) is 21.2. The Morgan fingerprint density at radius 1 is 0.778 bits per heavy atom. The molecule has 0 bridgehead atoms. The lowest BCUT2D eigenvalue weighted by Crippen LogP contribution is -2.06. The van der Waals surface area contributed by atoms with Gasteiger partial charge in [-0.15, -0.1) is 0 Å². The van der Waals surface area contributed by atoms with Crippen LogP contribution in [0.25, 0.3) is 44.6 Å². The van der Waals surface area contributed by atoms with Crippen LogP contribution in [0.5, 0.6) is 0 Å². The largest absolute Gasteiger partial charge is 0.345 e. The molecule has 27 heavy (non-hydrogen) atoms. The number of rotatable bonds is 2. The number of benzene rings is 2. The standard InChI is InChI=1S/C22H14N4O/c27-18-10-12-24-22-21(18)25-20(19(26-22)14-5-2-1-3-6-14)16-8-9-17-15(13-16)7-4-11-23-17/h1-13H,(H,24,26,27). The molecule has 5 nitrogen and oxygen atoms in total. The Balaban J connectivity index is 1.85. The molecule has 0 aliphatic heterocycles. The molecule has 5 rings (SSSR count). The average molecular weight is 350 g/mol. The second kappa shape index (κ2) is 6.14. The summed E-state index contributed by atoms with van der Waals surface area (Å²) in [6.07, 6.45) is 3.36. The molecule has 5 heteroatoms. The molecule has 0 saturated carbocycles. The maximum absolute atomic E-state index is 12.3. The van der Waals surface area contributed by atoms with E-state index in [4.69, 9.17) is 9.97 Å². The molecule has 0 saturated heterocycles. The molecular formula is C22H14N4O. The van der Waals surface area contributed by atoms with E-state index >= 15 is 0 Å². The zero-order valence-corrected chi connectivity index (χ0v) is 14.3. The zero-order chi connectivity index (χ0) is 18.2. The number of fused-ring (bicyclic) bond motifs is 2. The van der Waals surface area contributed by atoms with E-state index in [2.05, 4.69) is 9.97 Å². The van der Waals surface area contributed by atoms with Crippen LogP contribution in [0.15, 0.2) is 83.9 Å². The summed E-state index contributed by atoms with van der Waals surface area (Å²) in [4.78, 5) is 29.1. The van der Waals surface area contributed by atoms with Crippen LogP contribution in [-0.2, 0) is 0 Å². The van der Waals surface area contributed by atoms with Gasteiger partial charge in [-0.3, -0.25) is 9.78 Å². The van der Waals surface area contributed by atoms with Gasteiger partial charge in [-0.25, -0.2) is 9.97 Å². The Labute approximate surface area is 154 Å². The first-order chi connectivity index (χ1) is 13.3. The van der Waals surface area contributed by atoms with Gasteiger partial charge in [0.25, 0.3) is 0 Å². The first-order valence-electron chi connectivity index (χ1n) is 8.60. The van der Waals surface area contributed by atoms with Crippen LogP contribution in [0.3, 0.4) is 0 Å². The second-order valence-corrected chi connectivity index (χ2v) is 6.24. The minimum Gasteiger partial charge on any atom is -0.345 e. The Morgan fingerprint density at radius 2 is 1.63 bits per heavy atom. The molecule has 3 aromatic heterocycles. The van der Waals surface area contributed by atoms with Crippen LogP contribution in [0.4, 0.5) is 0 Å². The Bertz CT molecular complexity index is 1340. The van der Waals surface area contributed by atoms with Crippen molar-refractivity contribution >= 4 is 22.1 Å². The van der Waals surface area contributed by atoms with Gasteiger partial charge in [0.15, 0.2) is 11.2 Å². The predicted molar refractivity (Wildman–Crippen MR) is 106 cm³/mol. The summed E-state index contributed by atoms with van der Waals surface area (Å²) in [7, 11) is 0. The minimum atomic E-state index is -0.153. The molecule has 0 aliphatic carbocycles. The fourth-order valence-electron chi connectivity index (χ4n) is 3.20. The summed E-state index contributed by atoms with van der Waals surface area (Å²) >= 11 is 0. The number of hydrogen-bond acceptors (Lipinski definition) is 4.